The molecule has 1 heterocycles. The largest absolute Gasteiger partial charge is 0.343 e. The Kier molecular flexibility index (Phi) is 3.49. The molecule has 1 aromatic carbocycles. The molecule has 0 atom stereocenters. The lowest BCUT2D eigenvalue weighted by atomic mass is 10.2. The van der Waals surface area contributed by atoms with Crippen molar-refractivity contribution in [2.24, 2.45) is 7.05 Å². The Morgan fingerprint density at radius 2 is 2.29 bits per heavy atom. The quantitative estimate of drug-likeness (QED) is 0.878. The molecule has 0 saturated carbocycles. The third-order valence-electron chi connectivity index (χ3n) is 2.15. The van der Waals surface area contributed by atoms with Crippen LogP contribution in [-0.2, 0) is 7.05 Å². The minimum absolute atomic E-state index is 0.254. The second-order valence-electron chi connectivity index (χ2n) is 3.27. The fourth-order valence-corrected chi connectivity index (χ4v) is 2.65. The summed E-state index contributed by atoms with van der Waals surface area (Å²) in [5.41, 5.74) is 0.335. The van der Waals surface area contributed by atoms with Crippen LogP contribution in [0, 0.1) is 0 Å². The number of aldehydes is 1. The predicted octanol–water partition coefficient (Wildman–Crippen LogP) is 1.83. The van der Waals surface area contributed by atoms with Gasteiger partial charge in [0.2, 0.25) is 0 Å². The van der Waals surface area contributed by atoms with E-state index in [0.29, 0.717) is 10.7 Å². The van der Waals surface area contributed by atoms with Gasteiger partial charge in [0.05, 0.1) is 0 Å². The van der Waals surface area contributed by atoms with Gasteiger partial charge in [0.15, 0.2) is 11.4 Å². The molecule has 0 spiro atoms. The van der Waals surface area contributed by atoms with Gasteiger partial charge in [0.1, 0.15) is 0 Å². The summed E-state index contributed by atoms with van der Waals surface area (Å²) >= 11 is 4.65. The third-order valence-corrected chi connectivity index (χ3v) is 3.87. The third kappa shape index (κ3) is 2.50. The lowest BCUT2D eigenvalue weighted by molar-refractivity contribution is 0.112. The van der Waals surface area contributed by atoms with E-state index in [4.69, 9.17) is 0 Å². The molecule has 0 fully saturated rings. The SMILES string of the molecule is Cn1c(Sc2ccc(C=O)c(Br)c2)n[nH]c1=O. The number of rotatable bonds is 3. The number of H-pyrrole nitrogens is 1. The minimum atomic E-state index is -0.254. The Morgan fingerprint density at radius 3 is 2.82 bits per heavy atom. The van der Waals surface area contributed by atoms with E-state index in [0.717, 1.165) is 15.7 Å². The van der Waals surface area contributed by atoms with Gasteiger partial charge in [-0.05, 0) is 30.0 Å². The molecule has 0 bridgehead atoms. The number of halogens is 1. The van der Waals surface area contributed by atoms with Gasteiger partial charge in [0.25, 0.3) is 0 Å². The summed E-state index contributed by atoms with van der Waals surface area (Å²) in [6.07, 6.45) is 0.781. The van der Waals surface area contributed by atoms with Gasteiger partial charge < -0.3 is 0 Å². The maximum Gasteiger partial charge on any atom is 0.343 e. The average molecular weight is 314 g/mol. The number of aromatic amines is 1. The monoisotopic (exact) mass is 313 g/mol. The van der Waals surface area contributed by atoms with E-state index in [1.807, 2.05) is 6.07 Å². The van der Waals surface area contributed by atoms with Gasteiger partial charge >= 0.3 is 5.69 Å². The minimum Gasteiger partial charge on any atom is -0.298 e. The van der Waals surface area contributed by atoms with E-state index in [1.54, 1.807) is 19.2 Å². The molecule has 88 valence electrons. The number of carbonyl (C=O) groups is 1. The predicted molar refractivity (Wildman–Crippen MR) is 67.5 cm³/mol. The van der Waals surface area contributed by atoms with Crippen molar-refractivity contribution in [3.8, 4) is 0 Å². The Bertz CT molecular complexity index is 620. The molecule has 0 aliphatic carbocycles. The van der Waals surface area contributed by atoms with Crippen molar-refractivity contribution < 1.29 is 4.79 Å². The van der Waals surface area contributed by atoms with Crippen LogP contribution in [0.5, 0.6) is 0 Å². The van der Waals surface area contributed by atoms with Gasteiger partial charge in [-0.2, -0.15) is 0 Å². The highest BCUT2D eigenvalue weighted by Crippen LogP contribution is 2.28. The molecule has 0 saturated heterocycles. The fourth-order valence-electron chi connectivity index (χ4n) is 1.20. The van der Waals surface area contributed by atoms with E-state index in [2.05, 4.69) is 26.1 Å². The van der Waals surface area contributed by atoms with E-state index in [-0.39, 0.29) is 5.69 Å². The van der Waals surface area contributed by atoms with Crippen LogP contribution in [0.2, 0.25) is 0 Å². The molecule has 1 aromatic heterocycles. The lowest BCUT2D eigenvalue weighted by Gasteiger charge is -2.02. The standard InChI is InChI=1S/C10H8BrN3O2S/c1-14-9(16)12-13-10(14)17-7-3-2-6(5-15)8(11)4-7/h2-5H,1H3,(H,12,16). The summed E-state index contributed by atoms with van der Waals surface area (Å²) in [6, 6.07) is 5.33. The smallest absolute Gasteiger partial charge is 0.298 e. The van der Waals surface area contributed by atoms with Crippen LogP contribution in [0.1, 0.15) is 10.4 Å². The number of benzene rings is 1. The van der Waals surface area contributed by atoms with Gasteiger partial charge in [-0.15, -0.1) is 5.10 Å². The molecule has 0 amide bonds. The molecular formula is C10H8BrN3O2S. The van der Waals surface area contributed by atoms with E-state index in [1.165, 1.54) is 16.3 Å². The van der Waals surface area contributed by atoms with E-state index >= 15 is 0 Å². The molecule has 17 heavy (non-hydrogen) atoms. The molecule has 5 nitrogen and oxygen atoms in total. The topological polar surface area (TPSA) is 67.8 Å². The van der Waals surface area contributed by atoms with Gasteiger partial charge in [-0.3, -0.25) is 9.36 Å². The van der Waals surface area contributed by atoms with Gasteiger partial charge in [-0.25, -0.2) is 9.89 Å². The van der Waals surface area contributed by atoms with E-state index in [9.17, 15) is 9.59 Å². The van der Waals surface area contributed by atoms with Crippen LogP contribution in [0.25, 0.3) is 0 Å². The lowest BCUT2D eigenvalue weighted by Crippen LogP contribution is -2.12. The molecule has 2 rings (SSSR count). The van der Waals surface area contributed by atoms with Gasteiger partial charge in [-0.1, -0.05) is 15.9 Å². The number of nitrogens with one attached hydrogen (secondary N) is 1. The normalized spacial score (nSPS) is 10.5. The summed E-state index contributed by atoms with van der Waals surface area (Å²) in [5.74, 6) is 0. The second-order valence-corrected chi connectivity index (χ2v) is 5.17. The number of hydrogen-bond acceptors (Lipinski definition) is 4. The first-order valence-electron chi connectivity index (χ1n) is 4.66. The molecule has 2 aromatic rings. The average Bonchev–Trinajstić information content (AvgIpc) is 2.61. The summed E-state index contributed by atoms with van der Waals surface area (Å²) in [5, 5.41) is 6.82. The first-order chi connectivity index (χ1) is 8.11. The van der Waals surface area contributed by atoms with Crippen LogP contribution in [0.4, 0.5) is 0 Å². The number of carbonyl (C=O) groups excluding carboxylic acids is 1. The van der Waals surface area contributed by atoms with Crippen molar-refractivity contribution in [1.29, 1.82) is 0 Å². The van der Waals surface area contributed by atoms with Crippen molar-refractivity contribution in [2.45, 2.75) is 10.1 Å². The van der Waals surface area contributed by atoms with Crippen molar-refractivity contribution in [2.75, 3.05) is 0 Å². The van der Waals surface area contributed by atoms with Crippen molar-refractivity contribution >= 4 is 34.0 Å². The molecule has 7 heteroatoms. The zero-order valence-electron chi connectivity index (χ0n) is 8.81. The molecule has 0 unspecified atom stereocenters. The Labute approximate surface area is 109 Å². The van der Waals surface area contributed by atoms with Crippen LogP contribution in [0.15, 0.2) is 37.5 Å². The second kappa shape index (κ2) is 4.89. The van der Waals surface area contributed by atoms with Crippen LogP contribution in [-0.4, -0.2) is 21.1 Å². The van der Waals surface area contributed by atoms with Crippen LogP contribution < -0.4 is 5.69 Å². The van der Waals surface area contributed by atoms with Crippen LogP contribution in [0.3, 0.4) is 0 Å². The summed E-state index contributed by atoms with van der Waals surface area (Å²) in [4.78, 5) is 22.7. The molecular weight excluding hydrogens is 306 g/mol. The van der Waals surface area contributed by atoms with Crippen molar-refractivity contribution in [3.05, 3.63) is 38.7 Å². The Hall–Kier alpha value is -1.34. The van der Waals surface area contributed by atoms with Crippen LogP contribution >= 0.6 is 27.7 Å². The summed E-state index contributed by atoms with van der Waals surface area (Å²) in [6.45, 7) is 0. The zero-order chi connectivity index (χ0) is 12.4. The van der Waals surface area contributed by atoms with Crippen molar-refractivity contribution in [1.82, 2.24) is 14.8 Å². The van der Waals surface area contributed by atoms with E-state index < -0.39 is 0 Å². The fraction of sp³-hybridized carbons (Fsp3) is 0.100. The summed E-state index contributed by atoms with van der Waals surface area (Å²) in [7, 11) is 1.64. The molecule has 0 aliphatic heterocycles. The first kappa shape index (κ1) is 12.1. The Morgan fingerprint density at radius 1 is 1.53 bits per heavy atom. The number of aromatic nitrogens is 3. The molecule has 0 radical (unpaired) electrons. The van der Waals surface area contributed by atoms with Crippen molar-refractivity contribution in [3.63, 3.8) is 0 Å². The highest BCUT2D eigenvalue weighted by atomic mass is 79.9. The first-order valence-corrected chi connectivity index (χ1v) is 6.26. The highest BCUT2D eigenvalue weighted by Gasteiger charge is 2.07. The molecule has 0 aliphatic rings. The Balaban J connectivity index is 2.31. The van der Waals surface area contributed by atoms with Gasteiger partial charge in [0, 0.05) is 22.0 Å². The number of hydrogen-bond donors (Lipinski definition) is 1. The maximum atomic E-state index is 11.2. The number of nitrogens with zero attached hydrogens (tertiary/aromatic N) is 2. The maximum absolute atomic E-state index is 11.2. The summed E-state index contributed by atoms with van der Waals surface area (Å²) < 4.78 is 2.14. The highest BCUT2D eigenvalue weighted by molar-refractivity contribution is 9.10. The zero-order valence-corrected chi connectivity index (χ0v) is 11.2. The molecule has 1 N–H and O–H groups in total.